The van der Waals surface area contributed by atoms with Crippen molar-refractivity contribution in [2.45, 2.75) is 6.92 Å². The van der Waals surface area contributed by atoms with Crippen LogP contribution in [0.2, 0.25) is 0 Å². The normalized spacial score (nSPS) is 14.3. The Labute approximate surface area is 203 Å². The van der Waals surface area contributed by atoms with Crippen LogP contribution in [0.1, 0.15) is 12.6 Å². The van der Waals surface area contributed by atoms with Crippen molar-refractivity contribution in [3.05, 3.63) is 77.8 Å². The predicted octanol–water partition coefficient (Wildman–Crippen LogP) is 4.06. The van der Waals surface area contributed by atoms with Gasteiger partial charge in [-0.05, 0) is 30.3 Å². The van der Waals surface area contributed by atoms with E-state index in [2.05, 4.69) is 9.88 Å². The van der Waals surface area contributed by atoms with E-state index in [0.717, 1.165) is 31.1 Å². The summed E-state index contributed by atoms with van der Waals surface area (Å²) in [4.78, 5) is 35.1. The standard InChI is InChI=1S/C26H28N4O3S/c1-21(31)30(23-8-4-2-5-9-23)26-27-22(20-34-26)12-13-25(32)29-16-14-28(15-17-29)18-19-33-24-10-6-3-7-11-24/h2-13,20H,14-19H2,1H3/b13-12+. The van der Waals surface area contributed by atoms with E-state index in [1.165, 1.54) is 18.3 Å². The minimum atomic E-state index is -0.112. The average Bonchev–Trinajstić information content (AvgIpc) is 3.32. The Morgan fingerprint density at radius 1 is 1.03 bits per heavy atom. The number of rotatable bonds is 8. The van der Waals surface area contributed by atoms with Crippen LogP contribution in [0.4, 0.5) is 10.8 Å². The summed E-state index contributed by atoms with van der Waals surface area (Å²) in [6.07, 6.45) is 3.28. The zero-order valence-electron chi connectivity index (χ0n) is 19.2. The molecule has 0 atom stereocenters. The van der Waals surface area contributed by atoms with Gasteiger partial charge in [-0.2, -0.15) is 0 Å². The van der Waals surface area contributed by atoms with Crippen LogP contribution in [0.5, 0.6) is 5.75 Å². The molecule has 34 heavy (non-hydrogen) atoms. The van der Waals surface area contributed by atoms with E-state index in [0.29, 0.717) is 30.5 Å². The number of carbonyl (C=O) groups excluding carboxylic acids is 2. The third kappa shape index (κ3) is 6.30. The van der Waals surface area contributed by atoms with Crippen LogP contribution in [0.3, 0.4) is 0 Å². The summed E-state index contributed by atoms with van der Waals surface area (Å²) in [5.41, 5.74) is 1.43. The number of anilines is 2. The number of hydrogen-bond acceptors (Lipinski definition) is 6. The number of piperazine rings is 1. The fraction of sp³-hybridized carbons (Fsp3) is 0.269. The van der Waals surface area contributed by atoms with Crippen molar-refractivity contribution in [2.24, 2.45) is 0 Å². The molecule has 0 saturated carbocycles. The first kappa shape index (κ1) is 23.7. The highest BCUT2D eigenvalue weighted by atomic mass is 32.1. The molecule has 7 nitrogen and oxygen atoms in total. The molecule has 0 aliphatic carbocycles. The average molecular weight is 477 g/mol. The molecule has 2 aromatic carbocycles. The van der Waals surface area contributed by atoms with E-state index in [1.54, 1.807) is 17.1 Å². The van der Waals surface area contributed by atoms with Gasteiger partial charge in [0.25, 0.3) is 0 Å². The molecule has 4 rings (SSSR count). The molecule has 0 bridgehead atoms. The van der Waals surface area contributed by atoms with Crippen LogP contribution in [0.15, 0.2) is 72.1 Å². The topological polar surface area (TPSA) is 66.0 Å². The number of para-hydroxylation sites is 2. The quantitative estimate of drug-likeness (QED) is 0.459. The molecule has 1 aliphatic heterocycles. The van der Waals surface area contributed by atoms with Crippen LogP contribution in [0, 0.1) is 0 Å². The summed E-state index contributed by atoms with van der Waals surface area (Å²) in [5.74, 6) is 0.738. The fourth-order valence-electron chi connectivity index (χ4n) is 3.72. The minimum Gasteiger partial charge on any atom is -0.492 e. The second kappa shape index (κ2) is 11.6. The molecule has 3 aromatic rings. The first-order valence-corrected chi connectivity index (χ1v) is 12.2. The zero-order valence-corrected chi connectivity index (χ0v) is 20.0. The molecular weight excluding hydrogens is 448 g/mol. The van der Waals surface area contributed by atoms with Crippen molar-refractivity contribution in [3.63, 3.8) is 0 Å². The number of hydrogen-bond donors (Lipinski definition) is 0. The number of aromatic nitrogens is 1. The molecule has 1 aromatic heterocycles. The Morgan fingerprint density at radius 2 is 1.71 bits per heavy atom. The van der Waals surface area contributed by atoms with E-state index < -0.39 is 0 Å². The van der Waals surface area contributed by atoms with Gasteiger partial charge in [0.15, 0.2) is 5.13 Å². The minimum absolute atomic E-state index is 0.0266. The third-order valence-electron chi connectivity index (χ3n) is 5.53. The lowest BCUT2D eigenvalue weighted by atomic mass is 10.3. The molecule has 176 valence electrons. The number of amides is 2. The SMILES string of the molecule is CC(=O)N(c1ccccc1)c1nc(/C=C/C(=O)N2CCN(CCOc3ccccc3)CC2)cs1. The number of benzene rings is 2. The van der Waals surface area contributed by atoms with Crippen LogP contribution in [0.25, 0.3) is 6.08 Å². The molecule has 1 saturated heterocycles. The van der Waals surface area contributed by atoms with Gasteiger partial charge in [0, 0.05) is 51.1 Å². The van der Waals surface area contributed by atoms with Gasteiger partial charge in [-0.15, -0.1) is 11.3 Å². The first-order chi connectivity index (χ1) is 16.6. The second-order valence-electron chi connectivity index (χ2n) is 7.91. The molecule has 2 amide bonds. The van der Waals surface area contributed by atoms with Crippen molar-refractivity contribution in [1.29, 1.82) is 0 Å². The van der Waals surface area contributed by atoms with Crippen molar-refractivity contribution in [3.8, 4) is 5.75 Å². The molecule has 0 unspecified atom stereocenters. The van der Waals surface area contributed by atoms with Gasteiger partial charge in [0.2, 0.25) is 11.8 Å². The van der Waals surface area contributed by atoms with Crippen LogP contribution >= 0.6 is 11.3 Å². The van der Waals surface area contributed by atoms with Crippen LogP contribution < -0.4 is 9.64 Å². The van der Waals surface area contributed by atoms with Gasteiger partial charge in [-0.3, -0.25) is 19.4 Å². The lowest BCUT2D eigenvalue weighted by Crippen LogP contribution is -2.49. The van der Waals surface area contributed by atoms with Gasteiger partial charge in [0.1, 0.15) is 12.4 Å². The van der Waals surface area contributed by atoms with Gasteiger partial charge >= 0.3 is 0 Å². The molecular formula is C26H28N4O3S. The maximum Gasteiger partial charge on any atom is 0.246 e. The number of nitrogens with zero attached hydrogens (tertiary/aromatic N) is 4. The Balaban J connectivity index is 1.26. The predicted molar refractivity (Wildman–Crippen MR) is 135 cm³/mol. The lowest BCUT2D eigenvalue weighted by molar-refractivity contribution is -0.127. The van der Waals surface area contributed by atoms with E-state index >= 15 is 0 Å². The molecule has 1 fully saturated rings. The van der Waals surface area contributed by atoms with E-state index in [-0.39, 0.29) is 11.8 Å². The summed E-state index contributed by atoms with van der Waals surface area (Å²) in [6.45, 7) is 5.99. The molecule has 2 heterocycles. The fourth-order valence-corrected chi connectivity index (χ4v) is 4.58. The van der Waals surface area contributed by atoms with Crippen molar-refractivity contribution in [1.82, 2.24) is 14.8 Å². The number of ether oxygens (including phenoxy) is 1. The smallest absolute Gasteiger partial charge is 0.246 e. The molecule has 0 spiro atoms. The van der Waals surface area contributed by atoms with E-state index in [4.69, 9.17) is 4.74 Å². The Hall–Kier alpha value is -3.49. The third-order valence-corrected chi connectivity index (χ3v) is 6.37. The Kier molecular flexibility index (Phi) is 8.06. The van der Waals surface area contributed by atoms with E-state index in [1.807, 2.05) is 70.9 Å². The zero-order chi connectivity index (χ0) is 23.8. The highest BCUT2D eigenvalue weighted by Gasteiger charge is 2.20. The van der Waals surface area contributed by atoms with Gasteiger partial charge < -0.3 is 9.64 Å². The molecule has 8 heteroatoms. The van der Waals surface area contributed by atoms with E-state index in [9.17, 15) is 9.59 Å². The summed E-state index contributed by atoms with van der Waals surface area (Å²) in [6, 6.07) is 19.2. The monoisotopic (exact) mass is 476 g/mol. The summed E-state index contributed by atoms with van der Waals surface area (Å²) in [7, 11) is 0. The summed E-state index contributed by atoms with van der Waals surface area (Å²) < 4.78 is 5.77. The first-order valence-electron chi connectivity index (χ1n) is 11.3. The highest BCUT2D eigenvalue weighted by molar-refractivity contribution is 7.14. The number of carbonyl (C=O) groups is 2. The van der Waals surface area contributed by atoms with Crippen molar-refractivity contribution < 1.29 is 14.3 Å². The summed E-state index contributed by atoms with van der Waals surface area (Å²) >= 11 is 1.37. The maximum absolute atomic E-state index is 12.7. The largest absolute Gasteiger partial charge is 0.492 e. The highest BCUT2D eigenvalue weighted by Crippen LogP contribution is 2.29. The van der Waals surface area contributed by atoms with Crippen LogP contribution in [-0.2, 0) is 9.59 Å². The lowest BCUT2D eigenvalue weighted by Gasteiger charge is -2.34. The van der Waals surface area contributed by atoms with Crippen molar-refractivity contribution in [2.75, 3.05) is 44.2 Å². The molecule has 0 radical (unpaired) electrons. The second-order valence-corrected chi connectivity index (χ2v) is 8.74. The van der Waals surface area contributed by atoms with Gasteiger partial charge in [-0.1, -0.05) is 36.4 Å². The number of thiazole rings is 1. The van der Waals surface area contributed by atoms with Crippen molar-refractivity contribution >= 4 is 40.0 Å². The molecule has 0 N–H and O–H groups in total. The van der Waals surface area contributed by atoms with Gasteiger partial charge in [-0.25, -0.2) is 4.98 Å². The van der Waals surface area contributed by atoms with Gasteiger partial charge in [0.05, 0.1) is 11.4 Å². The summed E-state index contributed by atoms with van der Waals surface area (Å²) in [5, 5.41) is 2.43. The van der Waals surface area contributed by atoms with Crippen LogP contribution in [-0.4, -0.2) is 65.9 Å². The molecule has 1 aliphatic rings. The maximum atomic E-state index is 12.7. The Morgan fingerprint density at radius 3 is 2.38 bits per heavy atom. The Bertz CT molecular complexity index is 1110.